The first-order valence-corrected chi connectivity index (χ1v) is 6.47. The van der Waals surface area contributed by atoms with Gasteiger partial charge in [0.1, 0.15) is 12.1 Å². The van der Waals surface area contributed by atoms with Gasteiger partial charge in [-0.05, 0) is 24.6 Å². The predicted molar refractivity (Wildman–Crippen MR) is 74.1 cm³/mol. The molecule has 2 aromatic rings. The second kappa shape index (κ2) is 4.66. The third kappa shape index (κ3) is 2.21. The topological polar surface area (TPSA) is 72.1 Å². The van der Waals surface area contributed by atoms with Gasteiger partial charge >= 0.3 is 0 Å². The number of carbonyl (C=O) groups is 1. The molecule has 1 aromatic heterocycles. The maximum absolute atomic E-state index is 11.2. The number of hydrogen-bond donors (Lipinski definition) is 1. The highest BCUT2D eigenvalue weighted by molar-refractivity contribution is 6.31. The molecule has 98 valence electrons. The maximum atomic E-state index is 11.2. The Morgan fingerprint density at radius 1 is 1.42 bits per heavy atom. The van der Waals surface area contributed by atoms with E-state index in [0.717, 1.165) is 29.7 Å². The Morgan fingerprint density at radius 2 is 2.26 bits per heavy atom. The van der Waals surface area contributed by atoms with Crippen molar-refractivity contribution in [2.45, 2.75) is 6.42 Å². The summed E-state index contributed by atoms with van der Waals surface area (Å²) < 4.78 is 0. The smallest absolute Gasteiger partial charge is 0.222 e. The van der Waals surface area contributed by atoms with E-state index in [0.29, 0.717) is 11.6 Å². The Morgan fingerprint density at radius 3 is 3.00 bits per heavy atom. The average Bonchev–Trinajstić information content (AvgIpc) is 2.87. The van der Waals surface area contributed by atoms with E-state index < -0.39 is 0 Å². The van der Waals surface area contributed by atoms with Gasteiger partial charge in [-0.2, -0.15) is 0 Å². The quantitative estimate of drug-likeness (QED) is 0.904. The van der Waals surface area contributed by atoms with Crippen LogP contribution in [0.3, 0.4) is 0 Å². The van der Waals surface area contributed by atoms with Crippen LogP contribution in [0.4, 0.5) is 5.82 Å². The second-order valence-corrected chi connectivity index (χ2v) is 5.13. The molecule has 1 aliphatic heterocycles. The van der Waals surface area contributed by atoms with Gasteiger partial charge in [0.2, 0.25) is 5.91 Å². The number of nitrogens with zero attached hydrogens (tertiary/aromatic N) is 3. The summed E-state index contributed by atoms with van der Waals surface area (Å²) in [5.74, 6) is 0.492. The Hall–Kier alpha value is -1.88. The van der Waals surface area contributed by atoms with Gasteiger partial charge < -0.3 is 10.6 Å². The number of benzene rings is 1. The van der Waals surface area contributed by atoms with Crippen molar-refractivity contribution >= 4 is 34.2 Å². The molecule has 1 fully saturated rings. The van der Waals surface area contributed by atoms with Crippen LogP contribution >= 0.6 is 11.6 Å². The van der Waals surface area contributed by atoms with E-state index in [2.05, 4.69) is 14.9 Å². The van der Waals surface area contributed by atoms with Crippen LogP contribution in [0.2, 0.25) is 5.02 Å². The van der Waals surface area contributed by atoms with Crippen LogP contribution in [0, 0.1) is 5.92 Å². The van der Waals surface area contributed by atoms with Gasteiger partial charge in [-0.3, -0.25) is 4.79 Å². The number of carbonyl (C=O) groups excluding carboxylic acids is 1. The maximum Gasteiger partial charge on any atom is 0.222 e. The molecule has 0 saturated carbocycles. The molecule has 0 spiro atoms. The third-order valence-electron chi connectivity index (χ3n) is 3.47. The van der Waals surface area contributed by atoms with Gasteiger partial charge in [-0.1, -0.05) is 11.6 Å². The molecule has 0 bridgehead atoms. The van der Waals surface area contributed by atoms with E-state index in [1.54, 1.807) is 0 Å². The molecule has 6 heteroatoms. The van der Waals surface area contributed by atoms with Crippen LogP contribution in [-0.2, 0) is 4.79 Å². The van der Waals surface area contributed by atoms with Crippen molar-refractivity contribution in [3.8, 4) is 0 Å². The number of fused-ring (bicyclic) bond motifs is 1. The van der Waals surface area contributed by atoms with E-state index in [4.69, 9.17) is 17.3 Å². The number of primary amides is 1. The molecule has 1 unspecified atom stereocenters. The zero-order valence-corrected chi connectivity index (χ0v) is 11.0. The number of anilines is 1. The number of aromatic nitrogens is 2. The summed E-state index contributed by atoms with van der Waals surface area (Å²) in [6.07, 6.45) is 2.29. The fourth-order valence-electron chi connectivity index (χ4n) is 2.45. The third-order valence-corrected chi connectivity index (χ3v) is 3.70. The van der Waals surface area contributed by atoms with Crippen molar-refractivity contribution in [2.24, 2.45) is 11.7 Å². The van der Waals surface area contributed by atoms with Gasteiger partial charge in [-0.15, -0.1) is 0 Å². The van der Waals surface area contributed by atoms with Gasteiger partial charge in [0.15, 0.2) is 0 Å². The molecule has 3 rings (SSSR count). The molecule has 2 heterocycles. The summed E-state index contributed by atoms with van der Waals surface area (Å²) in [5, 5.41) is 1.59. The minimum absolute atomic E-state index is 0.0997. The number of hydrogen-bond acceptors (Lipinski definition) is 4. The molecule has 19 heavy (non-hydrogen) atoms. The molecule has 0 aliphatic carbocycles. The summed E-state index contributed by atoms with van der Waals surface area (Å²) in [4.78, 5) is 21.9. The van der Waals surface area contributed by atoms with Crippen LogP contribution in [0.1, 0.15) is 6.42 Å². The summed E-state index contributed by atoms with van der Waals surface area (Å²) >= 11 is 5.96. The van der Waals surface area contributed by atoms with E-state index >= 15 is 0 Å². The van der Waals surface area contributed by atoms with Crippen LogP contribution in [0.15, 0.2) is 24.5 Å². The first kappa shape index (κ1) is 12.2. The lowest BCUT2D eigenvalue weighted by atomic mass is 10.1. The minimum Gasteiger partial charge on any atom is -0.369 e. The van der Waals surface area contributed by atoms with Crippen LogP contribution in [0.25, 0.3) is 10.9 Å². The minimum atomic E-state index is -0.246. The lowest BCUT2D eigenvalue weighted by molar-refractivity contribution is -0.121. The predicted octanol–water partition coefficient (Wildman–Crippen LogP) is 1.59. The number of rotatable bonds is 2. The highest BCUT2D eigenvalue weighted by atomic mass is 35.5. The fraction of sp³-hybridized carbons (Fsp3) is 0.308. The highest BCUT2D eigenvalue weighted by Crippen LogP contribution is 2.29. The number of halogens is 1. The summed E-state index contributed by atoms with van der Waals surface area (Å²) in [7, 11) is 0. The van der Waals surface area contributed by atoms with Crippen LogP contribution < -0.4 is 10.6 Å². The zero-order chi connectivity index (χ0) is 13.4. The second-order valence-electron chi connectivity index (χ2n) is 4.69. The van der Waals surface area contributed by atoms with Crippen molar-refractivity contribution in [3.05, 3.63) is 29.5 Å². The average molecular weight is 277 g/mol. The van der Waals surface area contributed by atoms with Crippen molar-refractivity contribution in [2.75, 3.05) is 18.0 Å². The lowest BCUT2D eigenvalue weighted by Crippen LogP contribution is -2.27. The molecule has 1 atom stereocenters. The summed E-state index contributed by atoms with van der Waals surface area (Å²) in [6.45, 7) is 1.40. The van der Waals surface area contributed by atoms with Crippen LogP contribution in [-0.4, -0.2) is 29.0 Å². The molecule has 1 aromatic carbocycles. The molecule has 5 nitrogen and oxygen atoms in total. The molecular weight excluding hydrogens is 264 g/mol. The van der Waals surface area contributed by atoms with Crippen molar-refractivity contribution in [1.82, 2.24) is 9.97 Å². The molecule has 2 N–H and O–H groups in total. The van der Waals surface area contributed by atoms with Crippen molar-refractivity contribution < 1.29 is 4.79 Å². The number of nitrogens with two attached hydrogens (primary N) is 1. The van der Waals surface area contributed by atoms with Gasteiger partial charge in [0.05, 0.1) is 11.4 Å². The molecule has 1 amide bonds. The highest BCUT2D eigenvalue weighted by Gasteiger charge is 2.28. The zero-order valence-electron chi connectivity index (χ0n) is 10.2. The Balaban J connectivity index is 2.00. The normalized spacial score (nSPS) is 19.0. The van der Waals surface area contributed by atoms with E-state index in [9.17, 15) is 4.79 Å². The SMILES string of the molecule is NC(=O)C1CCN(c2ncnc3cc(Cl)ccc23)C1. The largest absolute Gasteiger partial charge is 0.369 e. The fourth-order valence-corrected chi connectivity index (χ4v) is 2.62. The molecule has 1 aliphatic rings. The van der Waals surface area contributed by atoms with Gasteiger partial charge in [0, 0.05) is 23.5 Å². The standard InChI is InChI=1S/C13H13ClN4O/c14-9-1-2-10-11(5-9)16-7-17-13(10)18-4-3-8(6-18)12(15)19/h1-2,5,7-8H,3-4,6H2,(H2,15,19). The van der Waals surface area contributed by atoms with E-state index in [1.807, 2.05) is 18.2 Å². The van der Waals surface area contributed by atoms with Crippen molar-refractivity contribution in [3.63, 3.8) is 0 Å². The number of amides is 1. The van der Waals surface area contributed by atoms with Gasteiger partial charge in [0.25, 0.3) is 0 Å². The first-order chi connectivity index (χ1) is 9.15. The molecule has 1 saturated heterocycles. The Bertz CT molecular complexity index is 646. The summed E-state index contributed by atoms with van der Waals surface area (Å²) in [5.41, 5.74) is 6.16. The molecular formula is C13H13ClN4O. The Labute approximate surface area is 115 Å². The van der Waals surface area contributed by atoms with Gasteiger partial charge in [-0.25, -0.2) is 9.97 Å². The van der Waals surface area contributed by atoms with Crippen LogP contribution in [0.5, 0.6) is 0 Å². The first-order valence-electron chi connectivity index (χ1n) is 6.09. The van der Waals surface area contributed by atoms with E-state index in [1.165, 1.54) is 6.33 Å². The monoisotopic (exact) mass is 276 g/mol. The molecule has 0 radical (unpaired) electrons. The van der Waals surface area contributed by atoms with Crippen molar-refractivity contribution in [1.29, 1.82) is 0 Å². The lowest BCUT2D eigenvalue weighted by Gasteiger charge is -2.18. The summed E-state index contributed by atoms with van der Waals surface area (Å²) in [6, 6.07) is 5.53. The van der Waals surface area contributed by atoms with E-state index in [-0.39, 0.29) is 11.8 Å². The Kier molecular flexibility index (Phi) is 2.98.